The third-order valence-corrected chi connectivity index (χ3v) is 6.17. The number of piperazine rings is 1. The van der Waals surface area contributed by atoms with Gasteiger partial charge in [0.15, 0.2) is 0 Å². The summed E-state index contributed by atoms with van der Waals surface area (Å²) < 4.78 is 32.9. The Balaban J connectivity index is 2.16. The number of primary amides is 1. The summed E-state index contributed by atoms with van der Waals surface area (Å²) in [4.78, 5) is 25.0. The van der Waals surface area contributed by atoms with Gasteiger partial charge < -0.3 is 15.4 Å². The summed E-state index contributed by atoms with van der Waals surface area (Å²) >= 11 is 3.20. The Labute approximate surface area is 161 Å². The van der Waals surface area contributed by atoms with Crippen LogP contribution in [0.15, 0.2) is 27.6 Å². The Morgan fingerprint density at radius 3 is 2.23 bits per heavy atom. The number of carbonyl (C=O) groups is 2. The lowest BCUT2D eigenvalue weighted by Crippen LogP contribution is -2.51. The lowest BCUT2D eigenvalue weighted by Gasteiger charge is -2.35. The maximum Gasteiger partial charge on any atom is 0.410 e. The maximum absolute atomic E-state index is 12.9. The Morgan fingerprint density at radius 1 is 1.15 bits per heavy atom. The third kappa shape index (κ3) is 4.74. The van der Waals surface area contributed by atoms with Gasteiger partial charge in [-0.2, -0.15) is 4.31 Å². The first-order valence-electron chi connectivity index (χ1n) is 7.99. The van der Waals surface area contributed by atoms with Gasteiger partial charge in [-0.3, -0.25) is 4.79 Å². The molecule has 1 aromatic rings. The van der Waals surface area contributed by atoms with Crippen LogP contribution in [0.25, 0.3) is 0 Å². The highest BCUT2D eigenvalue weighted by Crippen LogP contribution is 2.25. The van der Waals surface area contributed by atoms with E-state index in [0.717, 1.165) is 0 Å². The maximum atomic E-state index is 12.9. The molecule has 0 saturated carbocycles. The van der Waals surface area contributed by atoms with E-state index in [4.69, 9.17) is 10.5 Å². The van der Waals surface area contributed by atoms with E-state index < -0.39 is 27.6 Å². The fourth-order valence-corrected chi connectivity index (χ4v) is 4.46. The molecule has 1 aliphatic rings. The molecule has 0 aromatic heterocycles. The summed E-state index contributed by atoms with van der Waals surface area (Å²) in [6.45, 7) is 5.93. The van der Waals surface area contributed by atoms with Crippen molar-refractivity contribution in [3.05, 3.63) is 28.2 Å². The molecule has 8 nitrogen and oxygen atoms in total. The van der Waals surface area contributed by atoms with Crippen LogP contribution >= 0.6 is 15.9 Å². The summed E-state index contributed by atoms with van der Waals surface area (Å²) in [5.41, 5.74) is 4.63. The zero-order valence-corrected chi connectivity index (χ0v) is 17.3. The number of ether oxygens (including phenoxy) is 1. The molecule has 0 atom stereocenters. The van der Waals surface area contributed by atoms with Gasteiger partial charge in [-0.05, 0) is 39.0 Å². The van der Waals surface area contributed by atoms with Crippen molar-refractivity contribution >= 4 is 38.0 Å². The molecule has 2 rings (SSSR count). The van der Waals surface area contributed by atoms with Crippen LogP contribution in [0.4, 0.5) is 4.79 Å². The minimum absolute atomic E-state index is 0.0750. The number of sulfonamides is 1. The smallest absolute Gasteiger partial charge is 0.410 e. The van der Waals surface area contributed by atoms with Gasteiger partial charge >= 0.3 is 6.09 Å². The molecule has 1 heterocycles. The first kappa shape index (κ1) is 20.7. The number of halogens is 1. The number of nitrogens with zero attached hydrogens (tertiary/aromatic N) is 2. The van der Waals surface area contributed by atoms with Gasteiger partial charge in [-0.1, -0.05) is 15.9 Å². The minimum Gasteiger partial charge on any atom is -0.444 e. The molecule has 0 bridgehead atoms. The van der Waals surface area contributed by atoms with Crippen molar-refractivity contribution in [1.82, 2.24) is 9.21 Å². The number of rotatable bonds is 3. The fraction of sp³-hybridized carbons (Fsp3) is 0.500. The van der Waals surface area contributed by atoms with Gasteiger partial charge in [-0.25, -0.2) is 13.2 Å². The van der Waals surface area contributed by atoms with Crippen molar-refractivity contribution < 1.29 is 22.7 Å². The van der Waals surface area contributed by atoms with Gasteiger partial charge in [0.1, 0.15) is 5.60 Å². The van der Waals surface area contributed by atoms with E-state index in [9.17, 15) is 18.0 Å². The second kappa shape index (κ2) is 7.53. The highest BCUT2D eigenvalue weighted by Gasteiger charge is 2.33. The molecule has 1 aliphatic heterocycles. The van der Waals surface area contributed by atoms with Crippen molar-refractivity contribution in [3.8, 4) is 0 Å². The molecule has 0 aliphatic carbocycles. The van der Waals surface area contributed by atoms with E-state index in [-0.39, 0.29) is 36.6 Å². The molecule has 10 heteroatoms. The number of hydrogen-bond acceptors (Lipinski definition) is 5. The van der Waals surface area contributed by atoms with Crippen molar-refractivity contribution in [3.63, 3.8) is 0 Å². The van der Waals surface area contributed by atoms with Crippen LogP contribution in [0.1, 0.15) is 31.1 Å². The monoisotopic (exact) mass is 447 g/mol. The number of hydrogen-bond donors (Lipinski definition) is 1. The molecule has 26 heavy (non-hydrogen) atoms. The van der Waals surface area contributed by atoms with Gasteiger partial charge in [0.25, 0.3) is 0 Å². The molecule has 0 spiro atoms. The van der Waals surface area contributed by atoms with Crippen LogP contribution in [0.3, 0.4) is 0 Å². The number of carbonyl (C=O) groups excluding carboxylic acids is 2. The minimum atomic E-state index is -3.91. The zero-order valence-electron chi connectivity index (χ0n) is 14.9. The van der Waals surface area contributed by atoms with E-state index >= 15 is 0 Å². The predicted octanol–water partition coefficient (Wildman–Crippen LogP) is 1.79. The number of benzene rings is 1. The average Bonchev–Trinajstić information content (AvgIpc) is 2.53. The Morgan fingerprint density at radius 2 is 1.73 bits per heavy atom. The quantitative estimate of drug-likeness (QED) is 0.758. The largest absolute Gasteiger partial charge is 0.444 e. The van der Waals surface area contributed by atoms with Crippen LogP contribution in [0.5, 0.6) is 0 Å². The summed E-state index contributed by atoms with van der Waals surface area (Å²) in [6, 6.07) is 4.27. The first-order chi connectivity index (χ1) is 11.9. The van der Waals surface area contributed by atoms with Gasteiger partial charge in [-0.15, -0.1) is 0 Å². The van der Waals surface area contributed by atoms with Crippen molar-refractivity contribution in [2.45, 2.75) is 31.3 Å². The van der Waals surface area contributed by atoms with Crippen molar-refractivity contribution in [2.75, 3.05) is 26.2 Å². The SMILES string of the molecule is CC(C)(C)OC(=O)N1CCN(S(=O)(=O)c2ccc(Br)cc2C(N)=O)CC1. The van der Waals surface area contributed by atoms with Crippen LogP contribution in [0.2, 0.25) is 0 Å². The lowest BCUT2D eigenvalue weighted by molar-refractivity contribution is 0.0192. The Kier molecular flexibility index (Phi) is 5.99. The molecular formula is C16H22BrN3O5S. The average molecular weight is 448 g/mol. The van der Waals surface area contributed by atoms with Gasteiger partial charge in [0, 0.05) is 30.7 Å². The lowest BCUT2D eigenvalue weighted by atomic mass is 10.2. The standard InChI is InChI=1S/C16H22BrN3O5S/c1-16(2,3)25-15(22)19-6-8-20(9-7-19)26(23,24)13-5-4-11(17)10-12(13)14(18)21/h4-5,10H,6-9H2,1-3H3,(H2,18,21). The van der Waals surface area contributed by atoms with Crippen LogP contribution in [-0.4, -0.2) is 61.4 Å². The first-order valence-corrected chi connectivity index (χ1v) is 10.2. The van der Waals surface area contributed by atoms with E-state index in [1.165, 1.54) is 27.4 Å². The van der Waals surface area contributed by atoms with E-state index in [0.29, 0.717) is 4.47 Å². The van der Waals surface area contributed by atoms with Crippen LogP contribution < -0.4 is 5.73 Å². The Bertz CT molecular complexity index is 812. The van der Waals surface area contributed by atoms with Gasteiger partial charge in [0.05, 0.1) is 10.5 Å². The molecule has 2 amide bonds. The molecule has 1 aromatic carbocycles. The van der Waals surface area contributed by atoms with Gasteiger partial charge in [0.2, 0.25) is 15.9 Å². The van der Waals surface area contributed by atoms with E-state index in [1.54, 1.807) is 20.8 Å². The second-order valence-electron chi connectivity index (χ2n) is 6.88. The summed E-state index contributed by atoms with van der Waals surface area (Å²) in [6.07, 6.45) is -0.476. The normalized spacial score (nSPS) is 16.4. The topological polar surface area (TPSA) is 110 Å². The van der Waals surface area contributed by atoms with Crippen LogP contribution in [0, 0.1) is 0 Å². The van der Waals surface area contributed by atoms with E-state index in [1.807, 2.05) is 0 Å². The summed E-state index contributed by atoms with van der Waals surface area (Å²) in [7, 11) is -3.91. The number of nitrogens with two attached hydrogens (primary N) is 1. The molecular weight excluding hydrogens is 426 g/mol. The predicted molar refractivity (Wildman–Crippen MR) is 99.2 cm³/mol. The Hall–Kier alpha value is -1.65. The third-order valence-electron chi connectivity index (χ3n) is 3.72. The fourth-order valence-electron chi connectivity index (χ4n) is 2.50. The molecule has 144 valence electrons. The van der Waals surface area contributed by atoms with Crippen LogP contribution in [-0.2, 0) is 14.8 Å². The highest BCUT2D eigenvalue weighted by molar-refractivity contribution is 9.10. The molecule has 0 unspecified atom stereocenters. The van der Waals surface area contributed by atoms with E-state index in [2.05, 4.69) is 15.9 Å². The molecule has 1 fully saturated rings. The zero-order chi connectivity index (χ0) is 19.7. The molecule has 2 N–H and O–H groups in total. The van der Waals surface area contributed by atoms with Crippen molar-refractivity contribution in [2.24, 2.45) is 5.73 Å². The number of amides is 2. The molecule has 1 saturated heterocycles. The second-order valence-corrected chi connectivity index (χ2v) is 9.70. The summed E-state index contributed by atoms with van der Waals surface area (Å²) in [5, 5.41) is 0. The van der Waals surface area contributed by atoms with Crippen molar-refractivity contribution in [1.29, 1.82) is 0 Å². The molecule has 0 radical (unpaired) electrons. The highest BCUT2D eigenvalue weighted by atomic mass is 79.9. The summed E-state index contributed by atoms with van der Waals surface area (Å²) in [5.74, 6) is -0.822.